The number of likely N-dealkylation sites (tertiary alicyclic amines) is 1. The van der Waals surface area contributed by atoms with Crippen molar-refractivity contribution in [2.45, 2.75) is 58.9 Å². The maximum atomic E-state index is 5.68. The topological polar surface area (TPSA) is 48.9 Å². The zero-order valence-corrected chi connectivity index (χ0v) is 18.8. The van der Waals surface area contributed by atoms with Crippen molar-refractivity contribution in [1.82, 2.24) is 15.5 Å². The number of hydrogen-bond acceptors (Lipinski definition) is 3. The maximum absolute atomic E-state index is 5.68. The number of nitrogens with one attached hydrogen (secondary N) is 2. The summed E-state index contributed by atoms with van der Waals surface area (Å²) in [4.78, 5) is 7.44. The predicted molar refractivity (Wildman–Crippen MR) is 117 cm³/mol. The van der Waals surface area contributed by atoms with Crippen LogP contribution in [0, 0.1) is 11.8 Å². The first-order valence-electron chi connectivity index (χ1n) is 10.0. The van der Waals surface area contributed by atoms with E-state index in [2.05, 4.69) is 36.3 Å². The van der Waals surface area contributed by atoms with Crippen LogP contribution in [0.3, 0.4) is 0 Å². The second-order valence-electron chi connectivity index (χ2n) is 7.70. The smallest absolute Gasteiger partial charge is 0.191 e. The summed E-state index contributed by atoms with van der Waals surface area (Å²) in [6.07, 6.45) is 6.37. The maximum Gasteiger partial charge on any atom is 0.191 e. The molecule has 1 saturated carbocycles. The highest BCUT2D eigenvalue weighted by Crippen LogP contribution is 2.28. The average molecular weight is 466 g/mol. The number of aliphatic imine (C=N–C) groups is 1. The van der Waals surface area contributed by atoms with E-state index in [4.69, 9.17) is 9.73 Å². The fraction of sp³-hybridized carbons (Fsp3) is 0.947. The van der Waals surface area contributed by atoms with Crippen molar-refractivity contribution in [3.63, 3.8) is 0 Å². The highest BCUT2D eigenvalue weighted by molar-refractivity contribution is 14.0. The van der Waals surface area contributed by atoms with Gasteiger partial charge in [0.2, 0.25) is 0 Å². The van der Waals surface area contributed by atoms with Crippen molar-refractivity contribution < 1.29 is 4.74 Å². The molecule has 1 saturated heterocycles. The minimum Gasteiger partial charge on any atom is -0.381 e. The molecule has 2 rings (SSSR count). The van der Waals surface area contributed by atoms with Gasteiger partial charge in [-0.1, -0.05) is 13.8 Å². The zero-order valence-electron chi connectivity index (χ0n) is 16.4. The molecule has 1 heterocycles. The Morgan fingerprint density at radius 3 is 2.72 bits per heavy atom. The van der Waals surface area contributed by atoms with Gasteiger partial charge in [0, 0.05) is 38.9 Å². The fourth-order valence-electron chi connectivity index (χ4n) is 3.27. The van der Waals surface area contributed by atoms with Crippen molar-refractivity contribution in [2.75, 3.05) is 45.9 Å². The third-order valence-corrected chi connectivity index (χ3v) is 4.71. The number of nitrogens with zero attached hydrogens (tertiary/aromatic N) is 2. The lowest BCUT2D eigenvalue weighted by Crippen LogP contribution is -2.40. The zero-order chi connectivity index (χ0) is 17.2. The Labute approximate surface area is 171 Å². The van der Waals surface area contributed by atoms with Crippen LogP contribution in [-0.4, -0.2) is 62.8 Å². The summed E-state index contributed by atoms with van der Waals surface area (Å²) >= 11 is 0. The van der Waals surface area contributed by atoms with Gasteiger partial charge in [-0.05, 0) is 57.4 Å². The van der Waals surface area contributed by atoms with E-state index in [0.29, 0.717) is 6.04 Å². The average Bonchev–Trinajstić information content (AvgIpc) is 3.27. The highest BCUT2D eigenvalue weighted by atomic mass is 127. The molecule has 0 aromatic heterocycles. The lowest BCUT2D eigenvalue weighted by molar-refractivity contribution is 0.123. The van der Waals surface area contributed by atoms with Crippen molar-refractivity contribution >= 4 is 29.9 Å². The van der Waals surface area contributed by atoms with Gasteiger partial charge >= 0.3 is 0 Å². The van der Waals surface area contributed by atoms with Gasteiger partial charge in [-0.3, -0.25) is 9.89 Å². The van der Waals surface area contributed by atoms with Crippen LogP contribution >= 0.6 is 24.0 Å². The van der Waals surface area contributed by atoms with Crippen LogP contribution in [-0.2, 0) is 4.74 Å². The summed E-state index contributed by atoms with van der Waals surface area (Å²) in [5.74, 6) is 2.55. The number of rotatable bonds is 11. The largest absolute Gasteiger partial charge is 0.381 e. The number of hydrogen-bond donors (Lipinski definition) is 2. The van der Waals surface area contributed by atoms with Crippen LogP contribution in [0.25, 0.3) is 0 Å². The van der Waals surface area contributed by atoms with Crippen LogP contribution in [0.4, 0.5) is 0 Å². The Morgan fingerprint density at radius 1 is 1.24 bits per heavy atom. The number of ether oxygens (including phenoxy) is 1. The van der Waals surface area contributed by atoms with E-state index in [1.165, 1.54) is 38.8 Å². The Hall–Kier alpha value is -0.0800. The minimum atomic E-state index is 0. The molecule has 2 N–H and O–H groups in total. The lowest BCUT2D eigenvalue weighted by atomic mass is 10.2. The molecule has 0 amide bonds. The van der Waals surface area contributed by atoms with Crippen molar-refractivity contribution in [3.8, 4) is 0 Å². The molecule has 1 aliphatic heterocycles. The van der Waals surface area contributed by atoms with Crippen molar-refractivity contribution in [3.05, 3.63) is 0 Å². The molecule has 25 heavy (non-hydrogen) atoms. The predicted octanol–water partition coefficient (Wildman–Crippen LogP) is 3.10. The Bertz CT molecular complexity index is 374. The molecular formula is C19H39IN4O. The van der Waals surface area contributed by atoms with Gasteiger partial charge in [0.15, 0.2) is 5.96 Å². The van der Waals surface area contributed by atoms with Crippen molar-refractivity contribution in [2.24, 2.45) is 16.8 Å². The second kappa shape index (κ2) is 13.1. The normalized spacial score (nSPS) is 21.4. The summed E-state index contributed by atoms with van der Waals surface area (Å²) in [5, 5.41) is 6.81. The van der Waals surface area contributed by atoms with Gasteiger partial charge < -0.3 is 15.4 Å². The van der Waals surface area contributed by atoms with E-state index in [9.17, 15) is 0 Å². The van der Waals surface area contributed by atoms with E-state index >= 15 is 0 Å². The lowest BCUT2D eigenvalue weighted by Gasteiger charge is -2.25. The van der Waals surface area contributed by atoms with Crippen LogP contribution in [0.2, 0.25) is 0 Å². The number of halogens is 1. The summed E-state index contributed by atoms with van der Waals surface area (Å²) in [6, 6.07) is 0.615. The summed E-state index contributed by atoms with van der Waals surface area (Å²) < 4.78 is 5.68. The van der Waals surface area contributed by atoms with Crippen molar-refractivity contribution in [1.29, 1.82) is 0 Å². The Balaban J connectivity index is 0.00000312. The quantitative estimate of drug-likeness (QED) is 0.213. The standard InChI is InChI=1S/C19H38N4O.HI/c1-4-20-19(21-10-6-12-24-15-17-8-9-17)22-13-18-7-5-11-23(18)14-16(2)3;/h16-18H,4-15H2,1-3H3,(H2,20,21,22);1H/t18-;/m1./s1. The van der Waals surface area contributed by atoms with Gasteiger partial charge in [0.25, 0.3) is 0 Å². The highest BCUT2D eigenvalue weighted by Gasteiger charge is 2.24. The van der Waals surface area contributed by atoms with Gasteiger partial charge in [-0.2, -0.15) is 0 Å². The Morgan fingerprint density at radius 2 is 2.04 bits per heavy atom. The van der Waals surface area contributed by atoms with Crippen LogP contribution in [0.5, 0.6) is 0 Å². The first-order valence-corrected chi connectivity index (χ1v) is 10.0. The fourth-order valence-corrected chi connectivity index (χ4v) is 3.27. The van der Waals surface area contributed by atoms with Crippen LogP contribution < -0.4 is 10.6 Å². The first kappa shape index (κ1) is 23.0. The summed E-state index contributed by atoms with van der Waals surface area (Å²) in [5.41, 5.74) is 0. The van der Waals surface area contributed by atoms with E-state index < -0.39 is 0 Å². The molecule has 0 unspecified atom stereocenters. The summed E-state index contributed by atoms with van der Waals surface area (Å²) in [6.45, 7) is 13.7. The molecule has 6 heteroatoms. The van der Waals surface area contributed by atoms with Gasteiger partial charge in [-0.15, -0.1) is 24.0 Å². The van der Waals surface area contributed by atoms with E-state index in [0.717, 1.165) is 57.1 Å². The van der Waals surface area contributed by atoms with Crippen LogP contribution in [0.15, 0.2) is 4.99 Å². The molecule has 0 aromatic rings. The third-order valence-electron chi connectivity index (χ3n) is 4.71. The first-order chi connectivity index (χ1) is 11.7. The number of guanidine groups is 1. The molecule has 0 bridgehead atoms. The molecule has 0 spiro atoms. The molecule has 1 atom stereocenters. The minimum absolute atomic E-state index is 0. The van der Waals surface area contributed by atoms with Gasteiger partial charge in [0.05, 0.1) is 6.54 Å². The van der Waals surface area contributed by atoms with Crippen LogP contribution in [0.1, 0.15) is 52.9 Å². The molecule has 0 radical (unpaired) electrons. The third kappa shape index (κ3) is 9.99. The molecule has 5 nitrogen and oxygen atoms in total. The van der Waals surface area contributed by atoms with E-state index in [-0.39, 0.29) is 24.0 Å². The van der Waals surface area contributed by atoms with E-state index in [1.807, 2.05) is 0 Å². The molecule has 1 aliphatic carbocycles. The molecule has 148 valence electrons. The van der Waals surface area contributed by atoms with Gasteiger partial charge in [0.1, 0.15) is 0 Å². The molecule has 2 aliphatic rings. The molecule has 2 fully saturated rings. The van der Waals surface area contributed by atoms with E-state index in [1.54, 1.807) is 0 Å². The second-order valence-corrected chi connectivity index (χ2v) is 7.70. The Kier molecular flexibility index (Phi) is 12.1. The molecule has 0 aromatic carbocycles. The monoisotopic (exact) mass is 466 g/mol. The SMILES string of the molecule is CCNC(=NC[C@H]1CCCN1CC(C)C)NCCCOCC1CC1.I. The van der Waals surface area contributed by atoms with Gasteiger partial charge in [-0.25, -0.2) is 0 Å². The summed E-state index contributed by atoms with van der Waals surface area (Å²) in [7, 11) is 0. The molecular weight excluding hydrogens is 427 g/mol.